The van der Waals surface area contributed by atoms with Gasteiger partial charge in [0.05, 0.1) is 23.9 Å². The lowest BCUT2D eigenvalue weighted by atomic mass is 10.0. The summed E-state index contributed by atoms with van der Waals surface area (Å²) in [5.74, 6) is 0. The quantitative estimate of drug-likeness (QED) is 0.374. The molecule has 1 aliphatic heterocycles. The van der Waals surface area contributed by atoms with Gasteiger partial charge in [0, 0.05) is 36.8 Å². The Morgan fingerprint density at radius 2 is 1.83 bits per heavy atom. The molecule has 8 nitrogen and oxygen atoms in total. The molecule has 4 aromatic rings. The molecule has 0 bridgehead atoms. The number of pyridine rings is 1. The molecule has 1 fully saturated rings. The van der Waals surface area contributed by atoms with Crippen LogP contribution in [-0.4, -0.2) is 55.5 Å². The van der Waals surface area contributed by atoms with E-state index >= 15 is 0 Å². The van der Waals surface area contributed by atoms with Crippen molar-refractivity contribution in [3.05, 3.63) is 52.7 Å². The highest BCUT2D eigenvalue weighted by molar-refractivity contribution is 6.02. The molecule has 0 spiro atoms. The van der Waals surface area contributed by atoms with E-state index in [1.807, 2.05) is 32.2 Å². The summed E-state index contributed by atoms with van der Waals surface area (Å²) in [4.78, 5) is 20.1. The van der Waals surface area contributed by atoms with Gasteiger partial charge in [0.2, 0.25) is 0 Å². The fourth-order valence-electron chi connectivity index (χ4n) is 5.06. The van der Waals surface area contributed by atoms with Gasteiger partial charge in [-0.05, 0) is 70.0 Å². The first-order chi connectivity index (χ1) is 17.0. The summed E-state index contributed by atoms with van der Waals surface area (Å²) in [6, 6.07) is 10.3. The van der Waals surface area contributed by atoms with E-state index in [1.165, 1.54) is 25.9 Å². The van der Waals surface area contributed by atoms with Gasteiger partial charge in [-0.15, -0.1) is 10.2 Å². The maximum atomic E-state index is 12.8. The van der Waals surface area contributed by atoms with Gasteiger partial charge in [-0.3, -0.25) is 14.1 Å². The van der Waals surface area contributed by atoms with Crippen molar-refractivity contribution in [1.82, 2.24) is 29.2 Å². The third-order valence-corrected chi connectivity index (χ3v) is 7.03. The zero-order chi connectivity index (χ0) is 24.5. The van der Waals surface area contributed by atoms with Gasteiger partial charge in [-0.25, -0.2) is 4.79 Å². The average Bonchev–Trinajstić information content (AvgIpc) is 3.48. The number of aromatic nitrogens is 5. The highest BCUT2D eigenvalue weighted by Gasteiger charge is 2.19. The van der Waals surface area contributed by atoms with Crippen molar-refractivity contribution in [2.45, 2.75) is 52.2 Å². The number of imidazole rings is 1. The number of hydrogen-bond donors (Lipinski definition) is 0. The van der Waals surface area contributed by atoms with Crippen LogP contribution in [0.4, 0.5) is 0 Å². The molecule has 8 heteroatoms. The number of nitrogens with zero attached hydrogens (tertiary/aromatic N) is 6. The lowest BCUT2D eigenvalue weighted by Crippen LogP contribution is -2.24. The second-order valence-corrected chi connectivity index (χ2v) is 9.70. The molecular formula is C27H34N6O2. The van der Waals surface area contributed by atoms with Gasteiger partial charge in [-0.2, -0.15) is 0 Å². The molecule has 1 atom stereocenters. The minimum atomic E-state index is -0.0800. The Morgan fingerprint density at radius 1 is 1.06 bits per heavy atom. The van der Waals surface area contributed by atoms with Gasteiger partial charge in [0.15, 0.2) is 5.65 Å². The number of hydrogen-bond acceptors (Lipinski definition) is 6. The number of benzene rings is 1. The molecule has 0 amide bonds. The van der Waals surface area contributed by atoms with Gasteiger partial charge < -0.3 is 9.64 Å². The minimum Gasteiger partial charge on any atom is -0.371 e. The van der Waals surface area contributed by atoms with Crippen LogP contribution in [-0.2, 0) is 11.8 Å². The largest absolute Gasteiger partial charge is 0.371 e. The van der Waals surface area contributed by atoms with E-state index < -0.39 is 0 Å². The molecule has 1 unspecified atom stereocenters. The fraction of sp³-hybridized carbons (Fsp3) is 0.481. The second-order valence-electron chi connectivity index (χ2n) is 9.70. The van der Waals surface area contributed by atoms with Gasteiger partial charge >= 0.3 is 5.69 Å². The van der Waals surface area contributed by atoms with Crippen LogP contribution in [0.15, 0.2) is 41.3 Å². The van der Waals surface area contributed by atoms with E-state index in [0.717, 1.165) is 52.8 Å². The van der Waals surface area contributed by atoms with Crippen molar-refractivity contribution in [2.75, 3.05) is 26.2 Å². The highest BCUT2D eigenvalue weighted by Crippen LogP contribution is 2.29. The Kier molecular flexibility index (Phi) is 6.67. The van der Waals surface area contributed by atoms with Gasteiger partial charge in [-0.1, -0.05) is 19.1 Å². The summed E-state index contributed by atoms with van der Waals surface area (Å²) >= 11 is 0. The summed E-state index contributed by atoms with van der Waals surface area (Å²) in [6.07, 6.45) is 5.40. The van der Waals surface area contributed by atoms with E-state index in [9.17, 15) is 4.79 Å². The molecule has 4 heterocycles. The number of fused-ring (bicyclic) bond motifs is 3. The molecule has 35 heavy (non-hydrogen) atoms. The van der Waals surface area contributed by atoms with Crippen molar-refractivity contribution in [3.63, 3.8) is 0 Å². The second kappa shape index (κ2) is 9.87. The van der Waals surface area contributed by atoms with Crippen molar-refractivity contribution in [2.24, 2.45) is 7.05 Å². The summed E-state index contributed by atoms with van der Waals surface area (Å²) in [7, 11) is 1.74. The van der Waals surface area contributed by atoms with E-state index in [1.54, 1.807) is 16.2 Å². The fourth-order valence-corrected chi connectivity index (χ4v) is 5.06. The summed E-state index contributed by atoms with van der Waals surface area (Å²) in [6.45, 7) is 10.3. The normalized spacial score (nSPS) is 15.6. The zero-order valence-corrected chi connectivity index (χ0v) is 21.1. The third-order valence-electron chi connectivity index (χ3n) is 7.03. The Bertz CT molecular complexity index is 1380. The number of ether oxygens (including phenoxy) is 1. The molecule has 5 rings (SSSR count). The van der Waals surface area contributed by atoms with E-state index in [-0.39, 0.29) is 17.8 Å². The average molecular weight is 475 g/mol. The van der Waals surface area contributed by atoms with Crippen LogP contribution in [0.25, 0.3) is 33.2 Å². The van der Waals surface area contributed by atoms with Crippen LogP contribution in [0.2, 0.25) is 0 Å². The molecule has 184 valence electrons. The van der Waals surface area contributed by atoms with Crippen molar-refractivity contribution < 1.29 is 4.74 Å². The van der Waals surface area contributed by atoms with Crippen LogP contribution in [0.3, 0.4) is 0 Å². The summed E-state index contributed by atoms with van der Waals surface area (Å²) in [5.41, 5.74) is 5.11. The van der Waals surface area contributed by atoms with Crippen LogP contribution in [0.1, 0.15) is 57.9 Å². The highest BCUT2D eigenvalue weighted by atomic mass is 16.5. The molecule has 1 aromatic carbocycles. The first kappa shape index (κ1) is 23.6. The molecule has 0 saturated carbocycles. The van der Waals surface area contributed by atoms with Crippen LogP contribution in [0, 0.1) is 0 Å². The van der Waals surface area contributed by atoms with Crippen LogP contribution in [0.5, 0.6) is 0 Å². The number of aryl methyl sites for hydroxylation is 1. The molecule has 1 saturated heterocycles. The molecule has 0 aliphatic carbocycles. The zero-order valence-electron chi connectivity index (χ0n) is 21.1. The summed E-state index contributed by atoms with van der Waals surface area (Å²) < 4.78 is 9.55. The number of likely N-dealkylation sites (tertiary alicyclic amines) is 1. The smallest absolute Gasteiger partial charge is 0.330 e. The summed E-state index contributed by atoms with van der Waals surface area (Å²) in [5, 5.41) is 9.61. The van der Waals surface area contributed by atoms with E-state index in [4.69, 9.17) is 9.72 Å². The monoisotopic (exact) mass is 474 g/mol. The standard InChI is InChI=1S/C27H34N6O2/c1-5-24(35-15-14-32-12-6-7-13-32)23-11-9-20(17-28-23)19-8-10-22-21(16-19)25-26(30-29-22)31(4)27(34)33(25)18(2)3/h8-11,16-18,24H,5-7,12-15H2,1-4H3. The third kappa shape index (κ3) is 4.48. The lowest BCUT2D eigenvalue weighted by Gasteiger charge is -2.19. The van der Waals surface area contributed by atoms with E-state index in [2.05, 4.69) is 40.2 Å². The Balaban J connectivity index is 1.43. The minimum absolute atomic E-state index is 0.00273. The topological polar surface area (TPSA) is 78.1 Å². The first-order valence-corrected chi connectivity index (χ1v) is 12.7. The first-order valence-electron chi connectivity index (χ1n) is 12.7. The Labute approximate surface area is 205 Å². The SMILES string of the molecule is CCC(OCCN1CCCC1)c1ccc(-c2ccc3nnc4c(c3c2)n(C(C)C)c(=O)n4C)cn1. The molecule has 3 aromatic heterocycles. The Hall–Kier alpha value is -3.10. The van der Waals surface area contributed by atoms with Crippen molar-refractivity contribution in [1.29, 1.82) is 0 Å². The predicted molar refractivity (Wildman–Crippen MR) is 139 cm³/mol. The molecule has 1 aliphatic rings. The van der Waals surface area contributed by atoms with E-state index in [0.29, 0.717) is 5.65 Å². The molecule has 0 N–H and O–H groups in total. The maximum absolute atomic E-state index is 12.8. The Morgan fingerprint density at radius 3 is 2.51 bits per heavy atom. The lowest BCUT2D eigenvalue weighted by molar-refractivity contribution is 0.0351. The van der Waals surface area contributed by atoms with Crippen molar-refractivity contribution in [3.8, 4) is 11.1 Å². The number of rotatable bonds is 8. The van der Waals surface area contributed by atoms with Crippen molar-refractivity contribution >= 4 is 22.1 Å². The van der Waals surface area contributed by atoms with Gasteiger partial charge in [0.1, 0.15) is 5.52 Å². The van der Waals surface area contributed by atoms with Crippen LogP contribution >= 0.6 is 0 Å². The maximum Gasteiger partial charge on any atom is 0.330 e. The predicted octanol–water partition coefficient (Wildman–Crippen LogP) is 4.49. The molecular weight excluding hydrogens is 440 g/mol. The molecule has 0 radical (unpaired) electrons. The van der Waals surface area contributed by atoms with Crippen LogP contribution < -0.4 is 5.69 Å². The van der Waals surface area contributed by atoms with Gasteiger partial charge in [0.25, 0.3) is 0 Å².